The first-order valence-electron chi connectivity index (χ1n) is 14.0. The van der Waals surface area contributed by atoms with Crippen molar-refractivity contribution in [1.82, 2.24) is 20.2 Å². The quantitative estimate of drug-likeness (QED) is 0.383. The van der Waals surface area contributed by atoms with Crippen LogP contribution in [0.1, 0.15) is 36.2 Å². The summed E-state index contributed by atoms with van der Waals surface area (Å²) in [6, 6.07) is 2.97. The fourth-order valence-electron chi connectivity index (χ4n) is 5.85. The molecular formula is C29H33F4N7O3. The zero-order chi connectivity index (χ0) is 31.1. The van der Waals surface area contributed by atoms with Gasteiger partial charge >= 0.3 is 6.18 Å². The highest BCUT2D eigenvalue weighted by Crippen LogP contribution is 2.39. The topological polar surface area (TPSA) is 111 Å². The van der Waals surface area contributed by atoms with Crippen molar-refractivity contribution in [1.29, 1.82) is 0 Å². The van der Waals surface area contributed by atoms with Crippen LogP contribution in [-0.4, -0.2) is 91.0 Å². The maximum atomic E-state index is 15.8. The van der Waals surface area contributed by atoms with Crippen molar-refractivity contribution in [3.05, 3.63) is 47.5 Å². The van der Waals surface area contributed by atoms with Crippen LogP contribution in [0.15, 0.2) is 30.6 Å². The number of carbonyl (C=O) groups is 3. The van der Waals surface area contributed by atoms with E-state index in [2.05, 4.69) is 25.5 Å². The van der Waals surface area contributed by atoms with Crippen molar-refractivity contribution in [3.63, 3.8) is 0 Å². The lowest BCUT2D eigenvalue weighted by Gasteiger charge is -2.44. The fourth-order valence-corrected chi connectivity index (χ4v) is 5.85. The minimum absolute atomic E-state index is 0.0925. The van der Waals surface area contributed by atoms with Crippen molar-refractivity contribution >= 4 is 41.0 Å². The third kappa shape index (κ3) is 6.33. The van der Waals surface area contributed by atoms with Crippen LogP contribution >= 0.6 is 0 Å². The van der Waals surface area contributed by atoms with Gasteiger partial charge < -0.3 is 20.4 Å². The number of benzene rings is 1. The Bertz CT molecular complexity index is 1420. The van der Waals surface area contributed by atoms with Gasteiger partial charge in [-0.15, -0.1) is 0 Å². The molecular weight excluding hydrogens is 570 g/mol. The van der Waals surface area contributed by atoms with Crippen LogP contribution in [0, 0.1) is 17.7 Å². The van der Waals surface area contributed by atoms with Gasteiger partial charge in [0.1, 0.15) is 5.82 Å². The van der Waals surface area contributed by atoms with E-state index in [9.17, 15) is 27.6 Å². The van der Waals surface area contributed by atoms with Crippen LogP contribution in [0.2, 0.25) is 0 Å². The smallest absolute Gasteiger partial charge is 0.367 e. The van der Waals surface area contributed by atoms with Gasteiger partial charge in [0, 0.05) is 69.2 Å². The summed E-state index contributed by atoms with van der Waals surface area (Å²) in [5.74, 6) is -5.54. The Kier molecular flexibility index (Phi) is 8.41. The van der Waals surface area contributed by atoms with Gasteiger partial charge in [-0.3, -0.25) is 19.3 Å². The van der Waals surface area contributed by atoms with Gasteiger partial charge in [-0.05, 0) is 38.6 Å². The summed E-state index contributed by atoms with van der Waals surface area (Å²) in [4.78, 5) is 50.4. The molecule has 43 heavy (non-hydrogen) atoms. The molecule has 14 heteroatoms. The van der Waals surface area contributed by atoms with Gasteiger partial charge in [0.2, 0.25) is 17.8 Å². The third-order valence-electron chi connectivity index (χ3n) is 8.55. The molecule has 2 fully saturated rings. The number of anilines is 3. The highest BCUT2D eigenvalue weighted by Gasteiger charge is 2.50. The van der Waals surface area contributed by atoms with E-state index in [-0.39, 0.29) is 29.9 Å². The van der Waals surface area contributed by atoms with E-state index in [0.29, 0.717) is 48.7 Å². The summed E-state index contributed by atoms with van der Waals surface area (Å²) in [5.41, 5.74) is 1.64. The molecule has 2 aromatic rings. The molecule has 3 aliphatic rings. The number of piperazine rings is 1. The monoisotopic (exact) mass is 603 g/mol. The number of hydrogen-bond acceptors (Lipinski definition) is 8. The van der Waals surface area contributed by atoms with Gasteiger partial charge in [0.15, 0.2) is 6.29 Å². The fraction of sp³-hybridized carbons (Fsp3) is 0.483. The Morgan fingerprint density at radius 1 is 1.12 bits per heavy atom. The number of nitrogens with one attached hydrogen (secondary N) is 2. The number of hydrogen-bond donors (Lipinski definition) is 2. The number of likely N-dealkylation sites (N-methyl/N-ethyl adjacent to an activating group) is 1. The molecule has 2 unspecified atom stereocenters. The predicted molar refractivity (Wildman–Crippen MR) is 152 cm³/mol. The molecule has 0 bridgehead atoms. The molecule has 4 heterocycles. The number of aldehydes is 1. The number of carbonyl (C=O) groups excluding carboxylic acids is 3. The summed E-state index contributed by atoms with van der Waals surface area (Å²) in [5, 5.41) is 5.04. The van der Waals surface area contributed by atoms with Crippen LogP contribution in [0.4, 0.5) is 34.9 Å². The Hall–Kier alpha value is -4.07. The first-order chi connectivity index (χ1) is 20.3. The number of rotatable bonds is 6. The van der Waals surface area contributed by atoms with Crippen molar-refractivity contribution in [2.45, 2.75) is 38.5 Å². The zero-order valence-electron chi connectivity index (χ0n) is 24.0. The van der Waals surface area contributed by atoms with Gasteiger partial charge in [-0.25, -0.2) is 14.4 Å². The van der Waals surface area contributed by atoms with Crippen molar-refractivity contribution in [2.75, 3.05) is 54.9 Å². The van der Waals surface area contributed by atoms with E-state index < -0.39 is 48.6 Å². The second kappa shape index (κ2) is 11.9. The highest BCUT2D eigenvalue weighted by atomic mass is 19.4. The van der Waals surface area contributed by atoms with Gasteiger partial charge in [0.25, 0.3) is 0 Å². The average molecular weight is 604 g/mol. The van der Waals surface area contributed by atoms with Crippen LogP contribution in [0.5, 0.6) is 0 Å². The Labute approximate surface area is 246 Å². The lowest BCUT2D eigenvalue weighted by Crippen LogP contribution is -2.55. The van der Waals surface area contributed by atoms with Crippen molar-refractivity contribution < 1.29 is 31.9 Å². The predicted octanol–water partition coefficient (Wildman–Crippen LogP) is 3.11. The third-order valence-corrected chi connectivity index (χ3v) is 8.55. The highest BCUT2D eigenvalue weighted by molar-refractivity contribution is 5.98. The molecule has 1 aromatic carbocycles. The Morgan fingerprint density at radius 2 is 1.79 bits per heavy atom. The summed E-state index contributed by atoms with van der Waals surface area (Å²) in [6.45, 7) is 5.20. The van der Waals surface area contributed by atoms with Crippen LogP contribution in [-0.2, 0) is 9.59 Å². The minimum Gasteiger partial charge on any atom is -0.367 e. The molecule has 0 aliphatic carbocycles. The second-order valence-corrected chi connectivity index (χ2v) is 11.4. The summed E-state index contributed by atoms with van der Waals surface area (Å²) in [7, 11) is 1.99. The molecule has 4 atom stereocenters. The molecule has 0 saturated carbocycles. The molecule has 10 nitrogen and oxygen atoms in total. The van der Waals surface area contributed by atoms with Gasteiger partial charge in [-0.1, -0.05) is 6.08 Å². The van der Waals surface area contributed by atoms with E-state index >= 15 is 4.39 Å². The number of amides is 2. The molecule has 0 radical (unpaired) electrons. The Balaban J connectivity index is 1.47. The zero-order valence-corrected chi connectivity index (χ0v) is 24.0. The maximum Gasteiger partial charge on any atom is 0.393 e. The Morgan fingerprint density at radius 3 is 2.42 bits per heavy atom. The molecule has 2 amide bonds. The molecule has 3 aliphatic heterocycles. The van der Waals surface area contributed by atoms with E-state index in [4.69, 9.17) is 0 Å². The number of piperidine rings is 1. The molecule has 2 saturated heterocycles. The van der Waals surface area contributed by atoms with Gasteiger partial charge in [-0.2, -0.15) is 13.2 Å². The summed E-state index contributed by atoms with van der Waals surface area (Å²) < 4.78 is 57.3. The molecule has 1 aromatic heterocycles. The minimum atomic E-state index is -4.75. The number of halogens is 4. The van der Waals surface area contributed by atoms with E-state index in [1.807, 2.05) is 25.8 Å². The van der Waals surface area contributed by atoms with Crippen LogP contribution in [0.3, 0.4) is 0 Å². The van der Waals surface area contributed by atoms with E-state index in [1.54, 1.807) is 11.0 Å². The largest absolute Gasteiger partial charge is 0.393 e. The van der Waals surface area contributed by atoms with Crippen molar-refractivity contribution in [2.24, 2.45) is 11.8 Å². The standard InChI is InChI=1S/C29H33F4N7O3/c1-16-12-40(13-17(2)38(16)3)25-8-23(30)20(19-4-5-39(14-19)28-35-9-18(15-41)10-36-28)6-24(25)37-27(43)21-11-34-26(42)7-22(21)29(31,32)33/h4,6,8-10,15-17,21-22H,5,7,11-14H2,1-3H3,(H,34,42)(H,37,43)/t16-,17+,21?,22?. The second-order valence-electron chi connectivity index (χ2n) is 11.4. The lowest BCUT2D eigenvalue weighted by molar-refractivity contribution is -0.197. The SMILES string of the molecule is C[C@@H]1CN(c2cc(F)c(C3=CCN(c4ncc(C=O)cn4)C3)cc2NC(=O)C2CNC(=O)CC2C(F)(F)F)C[C@H](C)N1C. The number of nitrogens with zero attached hydrogens (tertiary/aromatic N) is 5. The molecule has 5 rings (SSSR count). The lowest BCUT2D eigenvalue weighted by atomic mass is 9.84. The summed E-state index contributed by atoms with van der Waals surface area (Å²) in [6.07, 6.45) is -0.397. The molecule has 2 N–H and O–H groups in total. The van der Waals surface area contributed by atoms with Crippen molar-refractivity contribution in [3.8, 4) is 0 Å². The van der Waals surface area contributed by atoms with E-state index in [0.717, 1.165) is 0 Å². The summed E-state index contributed by atoms with van der Waals surface area (Å²) >= 11 is 0. The first kappa shape index (κ1) is 30.4. The van der Waals surface area contributed by atoms with Crippen LogP contribution < -0.4 is 20.4 Å². The van der Waals surface area contributed by atoms with Gasteiger partial charge in [0.05, 0.1) is 28.8 Å². The first-order valence-corrected chi connectivity index (χ1v) is 14.0. The van der Waals surface area contributed by atoms with Crippen LogP contribution in [0.25, 0.3) is 5.57 Å². The maximum absolute atomic E-state index is 15.8. The molecule has 230 valence electrons. The number of aromatic nitrogens is 2. The molecule has 0 spiro atoms. The van der Waals surface area contributed by atoms with E-state index in [1.165, 1.54) is 24.5 Å². The average Bonchev–Trinajstić information content (AvgIpc) is 3.46. The normalized spacial score (nSPS) is 24.9. The number of alkyl halides is 3.